The standard InChI is InChI=1S/C15H19FN4O/c1-2-17-15(19-11-14-8-10-21-20-14)18-9-7-12-3-5-13(16)6-4-12/h3-6,8,10H,2,7,9,11H2,1H3,(H2,17,18,19). The molecule has 6 heteroatoms. The van der Waals surface area contributed by atoms with Crippen LogP contribution in [0.3, 0.4) is 0 Å². The maximum absolute atomic E-state index is 12.8. The zero-order valence-electron chi connectivity index (χ0n) is 12.0. The van der Waals surface area contributed by atoms with Gasteiger partial charge in [-0.15, -0.1) is 0 Å². The van der Waals surface area contributed by atoms with Gasteiger partial charge in [0.1, 0.15) is 17.8 Å². The van der Waals surface area contributed by atoms with E-state index in [2.05, 4.69) is 20.8 Å². The number of aromatic nitrogens is 1. The number of nitrogens with zero attached hydrogens (tertiary/aromatic N) is 2. The Kier molecular flexibility index (Phi) is 5.75. The lowest BCUT2D eigenvalue weighted by molar-refractivity contribution is 0.412. The van der Waals surface area contributed by atoms with E-state index >= 15 is 0 Å². The fourth-order valence-corrected chi connectivity index (χ4v) is 1.80. The first kappa shape index (κ1) is 15.0. The molecule has 5 nitrogen and oxygen atoms in total. The highest BCUT2D eigenvalue weighted by Gasteiger charge is 2.00. The van der Waals surface area contributed by atoms with Crippen molar-refractivity contribution in [2.24, 2.45) is 4.99 Å². The smallest absolute Gasteiger partial charge is 0.191 e. The predicted molar refractivity (Wildman–Crippen MR) is 79.4 cm³/mol. The lowest BCUT2D eigenvalue weighted by Gasteiger charge is -2.10. The summed E-state index contributed by atoms with van der Waals surface area (Å²) in [5.74, 6) is 0.511. The molecule has 0 unspecified atom stereocenters. The minimum absolute atomic E-state index is 0.214. The largest absolute Gasteiger partial charge is 0.364 e. The van der Waals surface area contributed by atoms with Crippen LogP contribution in [-0.4, -0.2) is 24.2 Å². The van der Waals surface area contributed by atoms with E-state index in [4.69, 9.17) is 4.52 Å². The predicted octanol–water partition coefficient (Wildman–Crippen LogP) is 2.11. The first-order valence-electron chi connectivity index (χ1n) is 6.94. The van der Waals surface area contributed by atoms with E-state index in [-0.39, 0.29) is 5.82 Å². The lowest BCUT2D eigenvalue weighted by Crippen LogP contribution is -2.38. The molecule has 0 aliphatic heterocycles. The normalized spacial score (nSPS) is 11.4. The Bertz CT molecular complexity index is 552. The average Bonchev–Trinajstić information content (AvgIpc) is 3.00. The van der Waals surface area contributed by atoms with Gasteiger partial charge in [-0.05, 0) is 31.0 Å². The van der Waals surface area contributed by atoms with E-state index in [9.17, 15) is 4.39 Å². The molecular weight excluding hydrogens is 271 g/mol. The third-order valence-corrected chi connectivity index (χ3v) is 2.85. The maximum atomic E-state index is 12.8. The van der Waals surface area contributed by atoms with Gasteiger partial charge in [0, 0.05) is 19.2 Å². The van der Waals surface area contributed by atoms with Crippen LogP contribution in [0.2, 0.25) is 0 Å². The maximum Gasteiger partial charge on any atom is 0.191 e. The van der Waals surface area contributed by atoms with Crippen LogP contribution in [0.15, 0.2) is 46.1 Å². The average molecular weight is 290 g/mol. The number of aliphatic imine (C=N–C) groups is 1. The van der Waals surface area contributed by atoms with Crippen LogP contribution in [-0.2, 0) is 13.0 Å². The molecule has 0 fully saturated rings. The highest BCUT2D eigenvalue weighted by molar-refractivity contribution is 5.79. The topological polar surface area (TPSA) is 62.5 Å². The first-order valence-corrected chi connectivity index (χ1v) is 6.94. The van der Waals surface area contributed by atoms with Gasteiger partial charge in [0.15, 0.2) is 5.96 Å². The SMILES string of the molecule is CCNC(=NCc1ccon1)NCCc1ccc(F)cc1. The second kappa shape index (κ2) is 8.04. The molecule has 2 N–H and O–H groups in total. The highest BCUT2D eigenvalue weighted by Crippen LogP contribution is 2.02. The Labute approximate surface area is 123 Å². The molecule has 0 saturated carbocycles. The second-order valence-corrected chi connectivity index (χ2v) is 4.49. The van der Waals surface area contributed by atoms with E-state index in [0.717, 1.165) is 36.7 Å². The highest BCUT2D eigenvalue weighted by atomic mass is 19.1. The minimum atomic E-state index is -0.214. The van der Waals surface area contributed by atoms with Crippen LogP contribution in [0.5, 0.6) is 0 Å². The quantitative estimate of drug-likeness (QED) is 0.632. The van der Waals surface area contributed by atoms with Crippen LogP contribution in [0.1, 0.15) is 18.2 Å². The molecule has 0 aliphatic carbocycles. The van der Waals surface area contributed by atoms with E-state index in [1.807, 2.05) is 6.92 Å². The minimum Gasteiger partial charge on any atom is -0.364 e. The van der Waals surface area contributed by atoms with Gasteiger partial charge in [-0.25, -0.2) is 9.38 Å². The fraction of sp³-hybridized carbons (Fsp3) is 0.333. The van der Waals surface area contributed by atoms with Gasteiger partial charge in [-0.1, -0.05) is 17.3 Å². The molecule has 2 aromatic rings. The molecule has 0 aliphatic rings. The third-order valence-electron chi connectivity index (χ3n) is 2.85. The Balaban J connectivity index is 1.82. The number of hydrogen-bond donors (Lipinski definition) is 2. The number of hydrogen-bond acceptors (Lipinski definition) is 3. The summed E-state index contributed by atoms with van der Waals surface area (Å²) in [4.78, 5) is 4.41. The van der Waals surface area contributed by atoms with Crippen molar-refractivity contribution in [1.29, 1.82) is 0 Å². The summed E-state index contributed by atoms with van der Waals surface area (Å²) < 4.78 is 17.6. The van der Waals surface area contributed by atoms with Crippen LogP contribution >= 0.6 is 0 Å². The van der Waals surface area contributed by atoms with Crippen molar-refractivity contribution in [1.82, 2.24) is 15.8 Å². The number of rotatable bonds is 6. The molecular formula is C15H19FN4O. The zero-order valence-corrected chi connectivity index (χ0v) is 12.0. The van der Waals surface area contributed by atoms with Gasteiger partial charge in [0.25, 0.3) is 0 Å². The van der Waals surface area contributed by atoms with Crippen LogP contribution in [0.25, 0.3) is 0 Å². The van der Waals surface area contributed by atoms with Gasteiger partial charge >= 0.3 is 0 Å². The molecule has 0 bridgehead atoms. The zero-order chi connectivity index (χ0) is 14.9. The van der Waals surface area contributed by atoms with E-state index < -0.39 is 0 Å². The van der Waals surface area contributed by atoms with Crippen molar-refractivity contribution < 1.29 is 8.91 Å². The summed E-state index contributed by atoms with van der Waals surface area (Å²) in [6.45, 7) is 3.97. The van der Waals surface area contributed by atoms with Gasteiger partial charge in [-0.3, -0.25) is 0 Å². The van der Waals surface area contributed by atoms with Gasteiger partial charge in [0.05, 0.1) is 6.54 Å². The Morgan fingerprint density at radius 1 is 1.24 bits per heavy atom. The first-order chi connectivity index (χ1) is 10.3. The van der Waals surface area contributed by atoms with Crippen molar-refractivity contribution in [3.05, 3.63) is 53.7 Å². The van der Waals surface area contributed by atoms with Crippen LogP contribution in [0.4, 0.5) is 4.39 Å². The summed E-state index contributed by atoms with van der Waals surface area (Å²) in [6, 6.07) is 8.30. The molecule has 1 aromatic carbocycles. The van der Waals surface area contributed by atoms with Crippen molar-refractivity contribution in [2.75, 3.05) is 13.1 Å². The number of guanidine groups is 1. The molecule has 0 spiro atoms. The molecule has 0 amide bonds. The number of halogens is 1. The summed E-state index contributed by atoms with van der Waals surface area (Å²) in [6.07, 6.45) is 2.33. The van der Waals surface area contributed by atoms with Crippen molar-refractivity contribution in [3.63, 3.8) is 0 Å². The van der Waals surface area contributed by atoms with E-state index in [1.54, 1.807) is 18.2 Å². The number of nitrogens with one attached hydrogen (secondary N) is 2. The summed E-state index contributed by atoms with van der Waals surface area (Å²) >= 11 is 0. The van der Waals surface area contributed by atoms with E-state index in [0.29, 0.717) is 6.54 Å². The molecule has 21 heavy (non-hydrogen) atoms. The van der Waals surface area contributed by atoms with Crippen molar-refractivity contribution >= 4 is 5.96 Å². The van der Waals surface area contributed by atoms with Gasteiger partial charge < -0.3 is 15.2 Å². The van der Waals surface area contributed by atoms with Crippen LogP contribution in [0, 0.1) is 5.82 Å². The Morgan fingerprint density at radius 2 is 2.05 bits per heavy atom. The van der Waals surface area contributed by atoms with Crippen molar-refractivity contribution in [2.45, 2.75) is 19.9 Å². The summed E-state index contributed by atoms with van der Waals surface area (Å²) in [7, 11) is 0. The molecule has 0 atom stereocenters. The van der Waals surface area contributed by atoms with Crippen molar-refractivity contribution in [3.8, 4) is 0 Å². The summed E-state index contributed by atoms with van der Waals surface area (Å²) in [5, 5.41) is 10.2. The lowest BCUT2D eigenvalue weighted by atomic mass is 10.1. The third kappa shape index (κ3) is 5.25. The summed E-state index contributed by atoms with van der Waals surface area (Å²) in [5.41, 5.74) is 1.86. The molecule has 0 radical (unpaired) electrons. The molecule has 1 aromatic heterocycles. The number of benzene rings is 1. The Morgan fingerprint density at radius 3 is 2.71 bits per heavy atom. The van der Waals surface area contributed by atoms with Gasteiger partial charge in [0.2, 0.25) is 0 Å². The Hall–Kier alpha value is -2.37. The molecule has 112 valence electrons. The molecule has 0 saturated heterocycles. The molecule has 1 heterocycles. The van der Waals surface area contributed by atoms with E-state index in [1.165, 1.54) is 18.4 Å². The van der Waals surface area contributed by atoms with Crippen LogP contribution < -0.4 is 10.6 Å². The molecule has 2 rings (SSSR count). The second-order valence-electron chi connectivity index (χ2n) is 4.49. The fourth-order valence-electron chi connectivity index (χ4n) is 1.80. The van der Waals surface area contributed by atoms with Gasteiger partial charge in [-0.2, -0.15) is 0 Å². The monoisotopic (exact) mass is 290 g/mol.